The molecule has 0 spiro atoms. The number of carbonyl (C=O) groups is 1. The lowest BCUT2D eigenvalue weighted by atomic mass is 10.0. The van der Waals surface area contributed by atoms with Crippen LogP contribution in [0.1, 0.15) is 27.9 Å². The Balaban J connectivity index is 1.84. The fraction of sp³-hybridized carbons (Fsp3) is 0.250. The molecule has 0 fully saturated rings. The van der Waals surface area contributed by atoms with Gasteiger partial charge in [-0.3, -0.25) is 4.79 Å². The Labute approximate surface area is 126 Å². The van der Waals surface area contributed by atoms with Crippen LogP contribution in [0.3, 0.4) is 0 Å². The average Bonchev–Trinajstić information content (AvgIpc) is 2.69. The molecule has 1 aromatic heterocycles. The molecule has 0 atom stereocenters. The van der Waals surface area contributed by atoms with Crippen molar-refractivity contribution in [2.75, 3.05) is 6.54 Å². The lowest BCUT2D eigenvalue weighted by molar-refractivity contribution is 0.0745. The molecule has 20 heavy (non-hydrogen) atoms. The van der Waals surface area contributed by atoms with E-state index >= 15 is 0 Å². The van der Waals surface area contributed by atoms with Crippen molar-refractivity contribution in [3.05, 3.63) is 63.9 Å². The quantitative estimate of drug-likeness (QED) is 0.750. The number of hydrogen-bond donors (Lipinski definition) is 0. The molecule has 3 nitrogen and oxygen atoms in total. The van der Waals surface area contributed by atoms with Crippen LogP contribution in [0.25, 0.3) is 0 Å². The number of rotatable bonds is 1. The van der Waals surface area contributed by atoms with Crippen LogP contribution < -0.4 is 0 Å². The molecule has 102 valence electrons. The predicted molar refractivity (Wildman–Crippen MR) is 81.4 cm³/mol. The van der Waals surface area contributed by atoms with Gasteiger partial charge in [0.2, 0.25) is 0 Å². The summed E-state index contributed by atoms with van der Waals surface area (Å²) in [4.78, 5) is 18.6. The topological polar surface area (TPSA) is 33.2 Å². The molecule has 1 aliphatic rings. The van der Waals surface area contributed by atoms with Crippen molar-refractivity contribution in [2.24, 2.45) is 0 Å². The molecule has 0 saturated heterocycles. The van der Waals surface area contributed by atoms with Gasteiger partial charge in [-0.25, -0.2) is 4.98 Å². The van der Waals surface area contributed by atoms with E-state index < -0.39 is 0 Å². The van der Waals surface area contributed by atoms with E-state index in [0.717, 1.165) is 24.0 Å². The van der Waals surface area contributed by atoms with Crippen molar-refractivity contribution >= 4 is 21.8 Å². The van der Waals surface area contributed by atoms with Crippen LogP contribution in [0, 0.1) is 0 Å². The number of fused-ring (bicyclic) bond motifs is 1. The van der Waals surface area contributed by atoms with Crippen molar-refractivity contribution in [2.45, 2.75) is 19.4 Å². The molecule has 0 bridgehead atoms. The van der Waals surface area contributed by atoms with Crippen LogP contribution in [0.15, 0.2) is 47.2 Å². The number of benzene rings is 1. The Hall–Kier alpha value is -1.68. The Morgan fingerprint density at radius 3 is 2.70 bits per heavy atom. The zero-order valence-corrected chi connectivity index (χ0v) is 12.6. The zero-order chi connectivity index (χ0) is 13.9. The third-order valence-electron chi connectivity index (χ3n) is 3.62. The number of aromatic nitrogens is 1. The second kappa shape index (κ2) is 5.75. The molecule has 0 N–H and O–H groups in total. The normalized spacial score (nSPS) is 14.6. The summed E-state index contributed by atoms with van der Waals surface area (Å²) in [6.45, 7) is 1.48. The van der Waals surface area contributed by atoms with Crippen molar-refractivity contribution in [1.29, 1.82) is 0 Å². The molecule has 0 unspecified atom stereocenters. The number of pyridine rings is 1. The zero-order valence-electron chi connectivity index (χ0n) is 11.1. The second-order valence-electron chi connectivity index (χ2n) is 4.97. The summed E-state index contributed by atoms with van der Waals surface area (Å²) in [6.07, 6.45) is 3.68. The number of aryl methyl sites for hydroxylation is 1. The first-order chi connectivity index (χ1) is 9.74. The molecule has 0 saturated carbocycles. The van der Waals surface area contributed by atoms with E-state index in [9.17, 15) is 4.79 Å². The monoisotopic (exact) mass is 330 g/mol. The summed E-state index contributed by atoms with van der Waals surface area (Å²) in [5.41, 5.74) is 3.26. The number of amides is 1. The second-order valence-corrected chi connectivity index (χ2v) is 5.78. The van der Waals surface area contributed by atoms with Crippen molar-refractivity contribution in [3.63, 3.8) is 0 Å². The average molecular weight is 331 g/mol. The molecule has 2 heterocycles. The van der Waals surface area contributed by atoms with Crippen LogP contribution in [0.2, 0.25) is 0 Å². The van der Waals surface area contributed by atoms with E-state index in [-0.39, 0.29) is 5.91 Å². The van der Waals surface area contributed by atoms with Gasteiger partial charge in [-0.1, -0.05) is 24.3 Å². The van der Waals surface area contributed by atoms with Gasteiger partial charge in [0, 0.05) is 19.3 Å². The fourth-order valence-corrected chi connectivity index (χ4v) is 2.79. The molecule has 0 aliphatic carbocycles. The molecule has 1 aliphatic heterocycles. The van der Waals surface area contributed by atoms with Gasteiger partial charge in [0.1, 0.15) is 4.60 Å². The minimum absolute atomic E-state index is 0.0571. The number of hydrogen-bond acceptors (Lipinski definition) is 2. The Kier molecular flexibility index (Phi) is 3.83. The predicted octanol–water partition coefficient (Wildman–Crippen LogP) is 3.43. The minimum Gasteiger partial charge on any atom is -0.334 e. The van der Waals surface area contributed by atoms with Crippen LogP contribution in [0.5, 0.6) is 0 Å². The standard InChI is InChI=1S/C16H15BrN2O/c17-15-8-7-13(10-18-15)16(20)19-9-3-6-12-4-1-2-5-14(12)11-19/h1-2,4-5,7-8,10H,3,6,9,11H2. The molecule has 3 rings (SSSR count). The largest absolute Gasteiger partial charge is 0.334 e. The summed E-state index contributed by atoms with van der Waals surface area (Å²) in [5.74, 6) is 0.0571. The molecule has 4 heteroatoms. The van der Waals surface area contributed by atoms with E-state index in [0.29, 0.717) is 12.1 Å². The summed E-state index contributed by atoms with van der Waals surface area (Å²) in [5, 5.41) is 0. The van der Waals surface area contributed by atoms with E-state index in [4.69, 9.17) is 0 Å². The number of halogens is 1. The van der Waals surface area contributed by atoms with Crippen molar-refractivity contribution in [3.8, 4) is 0 Å². The van der Waals surface area contributed by atoms with Gasteiger partial charge >= 0.3 is 0 Å². The molecule has 0 radical (unpaired) electrons. The van der Waals surface area contributed by atoms with Gasteiger partial charge in [0.15, 0.2) is 0 Å². The van der Waals surface area contributed by atoms with Gasteiger partial charge in [-0.05, 0) is 52.0 Å². The van der Waals surface area contributed by atoms with Crippen LogP contribution in [-0.2, 0) is 13.0 Å². The maximum absolute atomic E-state index is 12.5. The number of nitrogens with zero attached hydrogens (tertiary/aromatic N) is 2. The van der Waals surface area contributed by atoms with E-state index in [2.05, 4.69) is 39.1 Å². The van der Waals surface area contributed by atoms with E-state index in [1.807, 2.05) is 17.0 Å². The maximum atomic E-state index is 12.5. The molecular weight excluding hydrogens is 316 g/mol. The van der Waals surface area contributed by atoms with Crippen molar-refractivity contribution < 1.29 is 4.79 Å². The summed E-state index contributed by atoms with van der Waals surface area (Å²) < 4.78 is 0.746. The van der Waals surface area contributed by atoms with E-state index in [1.165, 1.54) is 11.1 Å². The summed E-state index contributed by atoms with van der Waals surface area (Å²) in [7, 11) is 0. The molecular formula is C16H15BrN2O. The third kappa shape index (κ3) is 2.75. The lowest BCUT2D eigenvalue weighted by Crippen LogP contribution is -2.30. The van der Waals surface area contributed by atoms with Crippen LogP contribution in [0.4, 0.5) is 0 Å². The first-order valence-electron chi connectivity index (χ1n) is 6.71. The van der Waals surface area contributed by atoms with Gasteiger partial charge < -0.3 is 4.90 Å². The van der Waals surface area contributed by atoms with Gasteiger partial charge in [0.05, 0.1) is 5.56 Å². The fourth-order valence-electron chi connectivity index (χ4n) is 2.56. The third-order valence-corrected chi connectivity index (χ3v) is 4.08. The Bertz CT molecular complexity index is 625. The Morgan fingerprint density at radius 2 is 1.95 bits per heavy atom. The highest BCUT2D eigenvalue weighted by atomic mass is 79.9. The lowest BCUT2D eigenvalue weighted by Gasteiger charge is -2.20. The molecule has 1 amide bonds. The highest BCUT2D eigenvalue weighted by Gasteiger charge is 2.20. The van der Waals surface area contributed by atoms with Crippen LogP contribution in [-0.4, -0.2) is 22.3 Å². The summed E-state index contributed by atoms with van der Waals surface area (Å²) in [6, 6.07) is 12.0. The van der Waals surface area contributed by atoms with Gasteiger partial charge in [-0.15, -0.1) is 0 Å². The Morgan fingerprint density at radius 1 is 1.15 bits per heavy atom. The van der Waals surface area contributed by atoms with E-state index in [1.54, 1.807) is 12.3 Å². The highest BCUT2D eigenvalue weighted by molar-refractivity contribution is 9.10. The molecule has 1 aromatic carbocycles. The first-order valence-corrected chi connectivity index (χ1v) is 7.51. The van der Waals surface area contributed by atoms with Crippen molar-refractivity contribution in [1.82, 2.24) is 9.88 Å². The number of carbonyl (C=O) groups excluding carboxylic acids is 1. The SMILES string of the molecule is O=C(c1ccc(Br)nc1)N1CCCc2ccccc2C1. The van der Waals surface area contributed by atoms with Gasteiger partial charge in [-0.2, -0.15) is 0 Å². The first kappa shape index (κ1) is 13.3. The smallest absolute Gasteiger partial charge is 0.255 e. The minimum atomic E-state index is 0.0571. The maximum Gasteiger partial charge on any atom is 0.255 e. The highest BCUT2D eigenvalue weighted by Crippen LogP contribution is 2.20. The summed E-state index contributed by atoms with van der Waals surface area (Å²) >= 11 is 3.29. The van der Waals surface area contributed by atoms with Crippen LogP contribution >= 0.6 is 15.9 Å². The molecule has 2 aromatic rings. The van der Waals surface area contributed by atoms with Gasteiger partial charge in [0.25, 0.3) is 5.91 Å².